The molecule has 0 N–H and O–H groups in total. The normalized spacial score (nSPS) is 11.8. The van der Waals surface area contributed by atoms with Crippen LogP contribution in [0.15, 0.2) is 105 Å². The summed E-state index contributed by atoms with van der Waals surface area (Å²) >= 11 is 0.835. The highest BCUT2D eigenvalue weighted by Crippen LogP contribution is 2.39. The molecule has 0 unspecified atom stereocenters. The zero-order valence-corrected chi connectivity index (χ0v) is 20.0. The van der Waals surface area contributed by atoms with E-state index in [1.165, 1.54) is 36.8 Å². The smallest absolute Gasteiger partial charge is 0.396 e. The molecule has 36 heavy (non-hydrogen) atoms. The fraction of sp³-hybridized carbons (Fsp3) is 0. The first kappa shape index (κ1) is 22.1. The molecule has 0 atom stereocenters. The van der Waals surface area contributed by atoms with Crippen LogP contribution in [0.3, 0.4) is 0 Å². The Morgan fingerprint density at radius 3 is 2.50 bits per heavy atom. The molecule has 0 saturated carbocycles. The second-order valence-corrected chi connectivity index (χ2v) is 10.6. The number of hydrogen-bond acceptors (Lipinski definition) is 8. The third-order valence-corrected chi connectivity index (χ3v) is 8.25. The lowest BCUT2D eigenvalue weighted by atomic mass is 10.1. The zero-order chi connectivity index (χ0) is 24.9. The minimum absolute atomic E-state index is 0.0822. The van der Waals surface area contributed by atoms with Crippen LogP contribution >= 0.6 is 11.3 Å². The summed E-state index contributed by atoms with van der Waals surface area (Å²) in [6.07, 6.45) is 4.30. The number of amides is 1. The summed E-state index contributed by atoms with van der Waals surface area (Å²) in [5, 5.41) is 1.56. The van der Waals surface area contributed by atoms with Gasteiger partial charge in [0, 0.05) is 34.7 Å². The summed E-state index contributed by atoms with van der Waals surface area (Å²) in [5.41, 5.74) is 0.750. The SMILES string of the molecule is O=C(c1cccnc1)N(c1cc2sc(=O)oc2c2ccccc12)S(=O)(=O)c1cccc2cccnc12. The van der Waals surface area contributed by atoms with Gasteiger partial charge in [-0.05, 0) is 30.3 Å². The lowest BCUT2D eigenvalue weighted by Crippen LogP contribution is -2.37. The molecule has 1 amide bonds. The van der Waals surface area contributed by atoms with Crippen molar-refractivity contribution >= 4 is 64.9 Å². The zero-order valence-electron chi connectivity index (χ0n) is 18.4. The lowest BCUT2D eigenvalue weighted by Gasteiger charge is -2.24. The average molecular weight is 514 g/mol. The van der Waals surface area contributed by atoms with Crippen LogP contribution in [-0.2, 0) is 10.0 Å². The van der Waals surface area contributed by atoms with Gasteiger partial charge in [-0.15, -0.1) is 0 Å². The van der Waals surface area contributed by atoms with Gasteiger partial charge in [-0.25, -0.2) is 13.2 Å². The first-order valence-electron chi connectivity index (χ1n) is 10.7. The van der Waals surface area contributed by atoms with Crippen LogP contribution in [0.25, 0.3) is 32.0 Å². The molecule has 3 heterocycles. The molecule has 6 rings (SSSR count). The molecule has 0 bridgehead atoms. The van der Waals surface area contributed by atoms with Gasteiger partial charge in [-0.2, -0.15) is 4.31 Å². The van der Waals surface area contributed by atoms with E-state index in [-0.39, 0.29) is 21.7 Å². The second-order valence-electron chi connectivity index (χ2n) is 7.87. The highest BCUT2D eigenvalue weighted by molar-refractivity contribution is 7.93. The molecule has 8 nitrogen and oxygen atoms in total. The minimum Gasteiger partial charge on any atom is -0.413 e. The fourth-order valence-corrected chi connectivity index (χ4v) is 6.50. The number of aromatic nitrogens is 2. The molecule has 3 aromatic carbocycles. The summed E-state index contributed by atoms with van der Waals surface area (Å²) < 4.78 is 35.2. The molecular formula is C26H15N3O5S2. The third kappa shape index (κ3) is 3.46. The molecule has 0 aliphatic carbocycles. The highest BCUT2D eigenvalue weighted by Gasteiger charge is 2.35. The summed E-state index contributed by atoms with van der Waals surface area (Å²) in [7, 11) is -4.49. The van der Waals surface area contributed by atoms with Crippen LogP contribution in [0.1, 0.15) is 10.4 Å². The molecular weight excluding hydrogens is 498 g/mol. The number of hydrogen-bond donors (Lipinski definition) is 0. The van der Waals surface area contributed by atoms with E-state index < -0.39 is 20.9 Å². The van der Waals surface area contributed by atoms with E-state index in [1.54, 1.807) is 54.6 Å². The Labute approximate surface area is 208 Å². The fourth-order valence-electron chi connectivity index (χ4n) is 4.19. The molecule has 3 aromatic heterocycles. The third-order valence-electron chi connectivity index (χ3n) is 5.74. The van der Waals surface area contributed by atoms with E-state index in [0.29, 0.717) is 26.4 Å². The maximum atomic E-state index is 14.3. The summed E-state index contributed by atoms with van der Waals surface area (Å²) in [6.45, 7) is 0. The van der Waals surface area contributed by atoms with Crippen molar-refractivity contribution in [3.63, 3.8) is 0 Å². The number of sulfonamides is 1. The van der Waals surface area contributed by atoms with Crippen molar-refractivity contribution in [2.24, 2.45) is 0 Å². The first-order chi connectivity index (χ1) is 17.4. The number of rotatable bonds is 4. The number of benzene rings is 3. The van der Waals surface area contributed by atoms with E-state index in [0.717, 1.165) is 15.6 Å². The predicted octanol–water partition coefficient (Wildman–Crippen LogP) is 4.99. The van der Waals surface area contributed by atoms with Gasteiger partial charge in [-0.3, -0.25) is 14.8 Å². The quantitative estimate of drug-likeness (QED) is 0.327. The van der Waals surface area contributed by atoms with Crippen LogP contribution in [0, 0.1) is 0 Å². The van der Waals surface area contributed by atoms with E-state index in [4.69, 9.17) is 4.42 Å². The molecule has 6 aromatic rings. The molecule has 0 aliphatic rings. The molecule has 0 radical (unpaired) electrons. The van der Waals surface area contributed by atoms with Gasteiger partial charge >= 0.3 is 4.94 Å². The topological polar surface area (TPSA) is 110 Å². The molecule has 0 saturated heterocycles. The van der Waals surface area contributed by atoms with E-state index in [2.05, 4.69) is 9.97 Å². The van der Waals surface area contributed by atoms with Crippen LogP contribution in [0.5, 0.6) is 0 Å². The predicted molar refractivity (Wildman–Crippen MR) is 138 cm³/mol. The number of carbonyl (C=O) groups excluding carboxylic acids is 1. The van der Waals surface area contributed by atoms with Gasteiger partial charge in [0.05, 0.1) is 21.5 Å². The Morgan fingerprint density at radius 2 is 1.69 bits per heavy atom. The maximum Gasteiger partial charge on any atom is 0.396 e. The summed E-state index contributed by atoms with van der Waals surface area (Å²) in [6, 6.07) is 19.7. The molecule has 0 spiro atoms. The van der Waals surface area contributed by atoms with E-state index >= 15 is 0 Å². The van der Waals surface area contributed by atoms with Crippen molar-refractivity contribution in [3.8, 4) is 0 Å². The van der Waals surface area contributed by atoms with Gasteiger partial charge in [0.1, 0.15) is 4.90 Å². The maximum absolute atomic E-state index is 14.3. The Balaban J connectivity index is 1.71. The van der Waals surface area contributed by atoms with E-state index in [9.17, 15) is 18.0 Å². The average Bonchev–Trinajstić information content (AvgIpc) is 3.29. The number of pyridine rings is 2. The van der Waals surface area contributed by atoms with Crippen molar-refractivity contribution in [2.75, 3.05) is 4.31 Å². The summed E-state index contributed by atoms with van der Waals surface area (Å²) in [5.74, 6) is -0.795. The van der Waals surface area contributed by atoms with Crippen LogP contribution < -0.4 is 9.24 Å². The Hall–Kier alpha value is -4.41. The lowest BCUT2D eigenvalue weighted by molar-refractivity contribution is 0.100. The van der Waals surface area contributed by atoms with Crippen molar-refractivity contribution in [1.82, 2.24) is 9.97 Å². The number of anilines is 1. The molecule has 176 valence electrons. The van der Waals surface area contributed by atoms with Crippen molar-refractivity contribution in [2.45, 2.75) is 4.90 Å². The summed E-state index contributed by atoms with van der Waals surface area (Å²) in [4.78, 5) is 33.6. The monoisotopic (exact) mass is 513 g/mol. The van der Waals surface area contributed by atoms with E-state index in [1.807, 2.05) is 0 Å². The van der Waals surface area contributed by atoms with Crippen molar-refractivity contribution < 1.29 is 17.6 Å². The Bertz CT molecular complexity index is 1960. The first-order valence-corrected chi connectivity index (χ1v) is 13.0. The van der Waals surface area contributed by atoms with Crippen LogP contribution in [-0.4, -0.2) is 24.3 Å². The Kier molecular flexibility index (Phi) is 5.13. The van der Waals surface area contributed by atoms with Crippen LogP contribution in [0.4, 0.5) is 5.69 Å². The standard InChI is InChI=1S/C26H15N3O5S2/c30-25(17-8-4-12-27-15-17)29(36(32,33)22-11-3-6-16-7-5-13-28-23(16)22)20-14-21-24(34-26(31)35-21)19-10-2-1-9-18(19)20/h1-15H. The number of nitrogens with zero attached hydrogens (tertiary/aromatic N) is 3. The number of fused-ring (bicyclic) bond motifs is 4. The van der Waals surface area contributed by atoms with Gasteiger partial charge in [0.15, 0.2) is 5.58 Å². The van der Waals surface area contributed by atoms with Crippen LogP contribution in [0.2, 0.25) is 0 Å². The van der Waals surface area contributed by atoms with Gasteiger partial charge in [-0.1, -0.05) is 53.8 Å². The minimum atomic E-state index is -4.49. The molecule has 0 fully saturated rings. The molecule has 10 heteroatoms. The van der Waals surface area contributed by atoms with Gasteiger partial charge in [0.25, 0.3) is 15.9 Å². The molecule has 0 aliphatic heterocycles. The highest BCUT2D eigenvalue weighted by atomic mass is 32.2. The van der Waals surface area contributed by atoms with Crippen molar-refractivity contribution in [3.05, 3.63) is 107 Å². The largest absolute Gasteiger partial charge is 0.413 e. The second kappa shape index (κ2) is 8.36. The number of carbonyl (C=O) groups is 1. The van der Waals surface area contributed by atoms with Crippen molar-refractivity contribution in [1.29, 1.82) is 0 Å². The van der Waals surface area contributed by atoms with Gasteiger partial charge in [0.2, 0.25) is 0 Å². The number of para-hydroxylation sites is 1. The van der Waals surface area contributed by atoms with Gasteiger partial charge < -0.3 is 4.42 Å². The Morgan fingerprint density at radius 1 is 0.917 bits per heavy atom.